The molecule has 0 unspecified atom stereocenters. The number of H-pyrrole nitrogens is 1. The molecule has 3 aromatic rings. The van der Waals surface area contributed by atoms with Crippen molar-refractivity contribution in [3.63, 3.8) is 0 Å². The van der Waals surface area contributed by atoms with E-state index in [0.717, 1.165) is 5.56 Å². The molecule has 0 aliphatic rings. The third-order valence-electron chi connectivity index (χ3n) is 3.34. The van der Waals surface area contributed by atoms with E-state index >= 15 is 0 Å². The average molecular weight is 293 g/mol. The second kappa shape index (κ2) is 5.69. The highest BCUT2D eigenvalue weighted by molar-refractivity contribution is 6.00. The van der Waals surface area contributed by atoms with Crippen molar-refractivity contribution in [3.8, 4) is 22.6 Å². The van der Waals surface area contributed by atoms with Gasteiger partial charge in [-0.05, 0) is 11.6 Å². The number of hydrogen-bond acceptors (Lipinski definition) is 4. The van der Waals surface area contributed by atoms with Gasteiger partial charge < -0.3 is 16.0 Å². The molecule has 0 radical (unpaired) electrons. The average Bonchev–Trinajstić information content (AvgIpc) is 3.01. The van der Waals surface area contributed by atoms with Crippen LogP contribution in [-0.2, 0) is 0 Å². The molecule has 1 amide bonds. The summed E-state index contributed by atoms with van der Waals surface area (Å²) in [6.07, 6.45) is 1.47. The number of hydrogen-bond donors (Lipinski definition) is 3. The van der Waals surface area contributed by atoms with E-state index in [-0.39, 0.29) is 0 Å². The van der Waals surface area contributed by atoms with E-state index in [9.17, 15) is 4.79 Å². The van der Waals surface area contributed by atoms with Gasteiger partial charge in [0, 0.05) is 13.1 Å². The molecule has 0 saturated heterocycles. The summed E-state index contributed by atoms with van der Waals surface area (Å²) in [5.41, 5.74) is 8.91. The van der Waals surface area contributed by atoms with Gasteiger partial charge >= 0.3 is 0 Å². The molecule has 4 N–H and O–H groups in total. The smallest absolute Gasteiger partial charge is 0.250 e. The zero-order valence-electron chi connectivity index (χ0n) is 12.0. The van der Waals surface area contributed by atoms with Gasteiger partial charge in [0.05, 0.1) is 22.6 Å². The highest BCUT2D eigenvalue weighted by Gasteiger charge is 2.16. The molecule has 22 heavy (non-hydrogen) atoms. The number of carbonyl (C=O) groups is 1. The van der Waals surface area contributed by atoms with Crippen LogP contribution in [0.1, 0.15) is 10.4 Å². The van der Waals surface area contributed by atoms with Crippen LogP contribution in [0.5, 0.6) is 0 Å². The molecule has 1 aromatic carbocycles. The van der Waals surface area contributed by atoms with Crippen LogP contribution in [-0.4, -0.2) is 27.9 Å². The predicted molar refractivity (Wildman–Crippen MR) is 85.3 cm³/mol. The number of carbonyl (C=O) groups excluding carboxylic acids is 1. The molecule has 6 nitrogen and oxygen atoms in total. The van der Waals surface area contributed by atoms with Gasteiger partial charge in [0.1, 0.15) is 12.1 Å². The fourth-order valence-electron chi connectivity index (χ4n) is 2.26. The molecule has 2 aromatic heterocycles. The first-order valence-electron chi connectivity index (χ1n) is 6.77. The maximum atomic E-state index is 11.7. The van der Waals surface area contributed by atoms with Crippen LogP contribution >= 0.6 is 0 Å². The molecule has 0 saturated carbocycles. The van der Waals surface area contributed by atoms with Gasteiger partial charge in [-0.1, -0.05) is 30.3 Å². The molecule has 0 bridgehead atoms. The Labute approximate surface area is 127 Å². The lowest BCUT2D eigenvalue weighted by atomic mass is 10.1. The van der Waals surface area contributed by atoms with Crippen LogP contribution in [0.4, 0.5) is 5.82 Å². The number of amides is 1. The number of primary amides is 1. The maximum Gasteiger partial charge on any atom is 0.250 e. The largest absolute Gasteiger partial charge is 0.373 e. The van der Waals surface area contributed by atoms with E-state index in [0.29, 0.717) is 28.5 Å². The Hall–Kier alpha value is -3.15. The fraction of sp³-hybridized carbons (Fsp3) is 0.0625. The second-order valence-electron chi connectivity index (χ2n) is 4.74. The minimum absolute atomic E-state index is 0.436. The van der Waals surface area contributed by atoms with Crippen LogP contribution in [0.15, 0.2) is 48.8 Å². The molecular weight excluding hydrogens is 278 g/mol. The monoisotopic (exact) mass is 293 g/mol. The molecule has 3 rings (SSSR count). The van der Waals surface area contributed by atoms with Crippen molar-refractivity contribution >= 4 is 11.7 Å². The van der Waals surface area contributed by atoms with Crippen molar-refractivity contribution in [2.75, 3.05) is 12.4 Å². The van der Waals surface area contributed by atoms with Crippen molar-refractivity contribution < 1.29 is 4.79 Å². The van der Waals surface area contributed by atoms with Gasteiger partial charge in [0.25, 0.3) is 5.91 Å². The van der Waals surface area contributed by atoms with Crippen LogP contribution in [0.25, 0.3) is 22.6 Å². The van der Waals surface area contributed by atoms with E-state index in [1.54, 1.807) is 19.2 Å². The summed E-state index contributed by atoms with van der Waals surface area (Å²) in [4.78, 5) is 23.3. The van der Waals surface area contributed by atoms with Crippen LogP contribution in [0.3, 0.4) is 0 Å². The van der Waals surface area contributed by atoms with E-state index in [2.05, 4.69) is 20.3 Å². The van der Waals surface area contributed by atoms with Crippen molar-refractivity contribution in [2.24, 2.45) is 5.73 Å². The summed E-state index contributed by atoms with van der Waals surface area (Å²) in [6.45, 7) is 0. The van der Waals surface area contributed by atoms with E-state index < -0.39 is 5.91 Å². The van der Waals surface area contributed by atoms with Gasteiger partial charge in [-0.2, -0.15) is 0 Å². The number of nitrogens with two attached hydrogens (primary N) is 1. The highest BCUT2D eigenvalue weighted by Crippen LogP contribution is 2.28. The number of nitrogens with zero attached hydrogens (tertiary/aromatic N) is 2. The van der Waals surface area contributed by atoms with Crippen molar-refractivity contribution in [3.05, 3.63) is 54.4 Å². The third-order valence-corrected chi connectivity index (χ3v) is 3.34. The molecule has 6 heteroatoms. The Morgan fingerprint density at radius 2 is 1.95 bits per heavy atom. The Morgan fingerprint density at radius 1 is 1.18 bits per heavy atom. The summed E-state index contributed by atoms with van der Waals surface area (Å²) in [5.74, 6) is 0.214. The minimum atomic E-state index is -0.482. The summed E-state index contributed by atoms with van der Waals surface area (Å²) in [5, 5.41) is 2.96. The topological polar surface area (TPSA) is 96.7 Å². The summed E-state index contributed by atoms with van der Waals surface area (Å²) < 4.78 is 0. The van der Waals surface area contributed by atoms with Crippen molar-refractivity contribution in [2.45, 2.75) is 0 Å². The van der Waals surface area contributed by atoms with Crippen LogP contribution in [0, 0.1) is 0 Å². The third kappa shape index (κ3) is 2.54. The predicted octanol–water partition coefficient (Wildman–Crippen LogP) is 2.28. The molecule has 0 spiro atoms. The molecule has 0 aliphatic carbocycles. The summed E-state index contributed by atoms with van der Waals surface area (Å²) in [7, 11) is 1.78. The standard InChI is InChI=1S/C16H15N5O/c1-18-14-8-12(19-9-20-14)13-7-11(16(17)22)15(21-13)10-5-3-2-4-6-10/h2-9,21H,1H3,(H2,17,22)(H,18,19,20). The van der Waals surface area contributed by atoms with Gasteiger partial charge in [-0.25, -0.2) is 9.97 Å². The lowest BCUT2D eigenvalue weighted by Gasteiger charge is -2.02. The summed E-state index contributed by atoms with van der Waals surface area (Å²) >= 11 is 0. The van der Waals surface area contributed by atoms with Gasteiger partial charge in [-0.3, -0.25) is 4.79 Å². The van der Waals surface area contributed by atoms with E-state index in [1.165, 1.54) is 6.33 Å². The van der Waals surface area contributed by atoms with Gasteiger partial charge in [0.15, 0.2) is 0 Å². The highest BCUT2D eigenvalue weighted by atomic mass is 16.1. The number of anilines is 1. The molecule has 0 fully saturated rings. The Morgan fingerprint density at radius 3 is 2.64 bits per heavy atom. The van der Waals surface area contributed by atoms with Crippen LogP contribution in [0.2, 0.25) is 0 Å². The zero-order chi connectivity index (χ0) is 15.5. The number of rotatable bonds is 4. The van der Waals surface area contributed by atoms with Gasteiger partial charge in [0.2, 0.25) is 0 Å². The summed E-state index contributed by atoms with van der Waals surface area (Å²) in [6, 6.07) is 13.1. The SMILES string of the molecule is CNc1cc(-c2cc(C(N)=O)c(-c3ccccc3)[nH]2)ncn1. The maximum absolute atomic E-state index is 11.7. The zero-order valence-corrected chi connectivity index (χ0v) is 12.0. The molecule has 0 atom stereocenters. The Bertz CT molecular complexity index is 810. The first-order valence-corrected chi connectivity index (χ1v) is 6.77. The lowest BCUT2D eigenvalue weighted by molar-refractivity contribution is 0.100. The fourth-order valence-corrected chi connectivity index (χ4v) is 2.26. The molecule has 2 heterocycles. The van der Waals surface area contributed by atoms with Crippen molar-refractivity contribution in [1.29, 1.82) is 0 Å². The van der Waals surface area contributed by atoms with E-state index in [1.807, 2.05) is 30.3 Å². The molecular formula is C16H15N5O. The van der Waals surface area contributed by atoms with Crippen LogP contribution < -0.4 is 11.1 Å². The van der Waals surface area contributed by atoms with Gasteiger partial charge in [-0.15, -0.1) is 0 Å². The van der Waals surface area contributed by atoms with Crippen molar-refractivity contribution in [1.82, 2.24) is 15.0 Å². The first-order chi connectivity index (χ1) is 10.7. The number of nitrogens with one attached hydrogen (secondary N) is 2. The lowest BCUT2D eigenvalue weighted by Crippen LogP contribution is -2.10. The van der Waals surface area contributed by atoms with E-state index in [4.69, 9.17) is 5.73 Å². The normalized spacial score (nSPS) is 10.4. The Kier molecular flexibility index (Phi) is 3.57. The first kappa shape index (κ1) is 13.8. The molecule has 110 valence electrons. The minimum Gasteiger partial charge on any atom is -0.373 e. The Balaban J connectivity index is 2.13. The molecule has 0 aliphatic heterocycles. The number of aromatic amines is 1. The quantitative estimate of drug-likeness (QED) is 0.687. The number of aromatic nitrogens is 3. The second-order valence-corrected chi connectivity index (χ2v) is 4.74. The number of benzene rings is 1.